The summed E-state index contributed by atoms with van der Waals surface area (Å²) in [5, 5.41) is 0. The van der Waals surface area contributed by atoms with Crippen molar-refractivity contribution in [3.63, 3.8) is 0 Å². The van der Waals surface area contributed by atoms with E-state index < -0.39 is 37.2 Å². The first kappa shape index (κ1) is 17.7. The second-order valence-corrected chi connectivity index (χ2v) is 5.16. The van der Waals surface area contributed by atoms with Crippen LogP contribution < -0.4 is 5.73 Å². The van der Waals surface area contributed by atoms with Crippen LogP contribution in [-0.4, -0.2) is 73.7 Å². The molecular formula is C12H20F3N3O3. The number of hydrogen-bond donors (Lipinski definition) is 1. The largest absolute Gasteiger partial charge is 0.406 e. The molecule has 1 heterocycles. The summed E-state index contributed by atoms with van der Waals surface area (Å²) in [7, 11) is 2.82. The van der Waals surface area contributed by atoms with Gasteiger partial charge < -0.3 is 20.3 Å². The molecular weight excluding hydrogens is 291 g/mol. The maximum absolute atomic E-state index is 12.6. The molecule has 6 nitrogen and oxygen atoms in total. The van der Waals surface area contributed by atoms with Gasteiger partial charge in [-0.1, -0.05) is 0 Å². The minimum atomic E-state index is -4.58. The van der Waals surface area contributed by atoms with E-state index in [2.05, 4.69) is 0 Å². The van der Waals surface area contributed by atoms with Gasteiger partial charge in [-0.3, -0.25) is 9.59 Å². The molecule has 0 aliphatic carbocycles. The van der Waals surface area contributed by atoms with Crippen molar-refractivity contribution in [3.8, 4) is 0 Å². The fourth-order valence-corrected chi connectivity index (χ4v) is 2.00. The molecule has 0 radical (unpaired) electrons. The van der Waals surface area contributed by atoms with Crippen molar-refractivity contribution >= 4 is 11.8 Å². The Morgan fingerprint density at radius 3 is 2.33 bits per heavy atom. The number of nitrogens with zero attached hydrogens (tertiary/aromatic N) is 2. The van der Waals surface area contributed by atoms with Crippen LogP contribution in [0, 0.1) is 0 Å². The Hall–Kier alpha value is -1.35. The fourth-order valence-electron chi connectivity index (χ4n) is 2.00. The first-order valence-electron chi connectivity index (χ1n) is 6.55. The first-order chi connectivity index (χ1) is 9.64. The van der Waals surface area contributed by atoms with E-state index in [1.165, 1.54) is 14.1 Å². The number of carbonyl (C=O) groups is 2. The average Bonchev–Trinajstić information content (AvgIpc) is 2.83. The van der Waals surface area contributed by atoms with Crippen LogP contribution >= 0.6 is 0 Å². The number of likely N-dealkylation sites (N-methyl/N-ethyl adjacent to an activating group) is 1. The molecule has 9 heteroatoms. The SMILES string of the molecule is CN(C)C(=O)CN(CC(F)(F)F)C(=O)C1CCC(CN)O1. The number of ether oxygens (including phenoxy) is 1. The van der Waals surface area contributed by atoms with Crippen molar-refractivity contribution in [2.24, 2.45) is 5.73 Å². The van der Waals surface area contributed by atoms with Crippen molar-refractivity contribution in [1.82, 2.24) is 9.80 Å². The number of hydrogen-bond acceptors (Lipinski definition) is 4. The Bertz CT molecular complexity index is 388. The number of amides is 2. The van der Waals surface area contributed by atoms with E-state index in [0.29, 0.717) is 17.7 Å². The van der Waals surface area contributed by atoms with Gasteiger partial charge in [-0.15, -0.1) is 0 Å². The van der Waals surface area contributed by atoms with Gasteiger partial charge in [0.05, 0.1) is 6.10 Å². The fraction of sp³-hybridized carbons (Fsp3) is 0.833. The van der Waals surface area contributed by atoms with Crippen LogP contribution in [0.2, 0.25) is 0 Å². The average molecular weight is 311 g/mol. The molecule has 2 unspecified atom stereocenters. The monoisotopic (exact) mass is 311 g/mol. The zero-order valence-electron chi connectivity index (χ0n) is 12.0. The van der Waals surface area contributed by atoms with Crippen LogP contribution in [0.25, 0.3) is 0 Å². The molecule has 1 saturated heterocycles. The summed E-state index contributed by atoms with van der Waals surface area (Å²) < 4.78 is 43.0. The number of nitrogens with two attached hydrogens (primary N) is 1. The second kappa shape index (κ2) is 7.08. The van der Waals surface area contributed by atoms with Crippen LogP contribution in [-0.2, 0) is 14.3 Å². The van der Waals surface area contributed by atoms with Crippen LogP contribution in [0.4, 0.5) is 13.2 Å². The van der Waals surface area contributed by atoms with Gasteiger partial charge >= 0.3 is 6.18 Å². The lowest BCUT2D eigenvalue weighted by Crippen LogP contribution is -2.48. The number of carbonyl (C=O) groups excluding carboxylic acids is 2. The topological polar surface area (TPSA) is 75.9 Å². The summed E-state index contributed by atoms with van der Waals surface area (Å²) >= 11 is 0. The minimum Gasteiger partial charge on any atom is -0.364 e. The first-order valence-corrected chi connectivity index (χ1v) is 6.55. The van der Waals surface area contributed by atoms with Crippen LogP contribution in [0.3, 0.4) is 0 Å². The van der Waals surface area contributed by atoms with Crippen molar-refractivity contribution < 1.29 is 27.5 Å². The third-order valence-corrected chi connectivity index (χ3v) is 3.15. The summed E-state index contributed by atoms with van der Waals surface area (Å²) in [6.45, 7) is -1.89. The smallest absolute Gasteiger partial charge is 0.364 e. The van der Waals surface area contributed by atoms with E-state index in [0.717, 1.165) is 4.90 Å². The Kier molecular flexibility index (Phi) is 5.97. The van der Waals surface area contributed by atoms with Gasteiger partial charge in [-0.05, 0) is 12.8 Å². The second-order valence-electron chi connectivity index (χ2n) is 5.16. The number of rotatable bonds is 5. The molecule has 0 aromatic carbocycles. The van der Waals surface area contributed by atoms with Gasteiger partial charge in [0, 0.05) is 20.6 Å². The van der Waals surface area contributed by atoms with E-state index >= 15 is 0 Å². The molecule has 0 aromatic rings. The Morgan fingerprint density at radius 2 is 1.90 bits per heavy atom. The Morgan fingerprint density at radius 1 is 1.29 bits per heavy atom. The molecule has 0 bridgehead atoms. The van der Waals surface area contributed by atoms with Crippen LogP contribution in [0.1, 0.15) is 12.8 Å². The molecule has 1 aliphatic rings. The van der Waals surface area contributed by atoms with Crippen molar-refractivity contribution in [1.29, 1.82) is 0 Å². The van der Waals surface area contributed by atoms with Gasteiger partial charge in [0.25, 0.3) is 5.91 Å². The number of alkyl halides is 3. The Balaban J connectivity index is 2.75. The van der Waals surface area contributed by atoms with E-state index in [4.69, 9.17) is 10.5 Å². The molecule has 0 spiro atoms. The van der Waals surface area contributed by atoms with Crippen LogP contribution in [0.15, 0.2) is 0 Å². The highest BCUT2D eigenvalue weighted by molar-refractivity contribution is 5.87. The third-order valence-electron chi connectivity index (χ3n) is 3.15. The summed E-state index contributed by atoms with van der Waals surface area (Å²) in [5.41, 5.74) is 5.40. The van der Waals surface area contributed by atoms with Gasteiger partial charge in [0.1, 0.15) is 19.2 Å². The molecule has 1 aliphatic heterocycles. The lowest BCUT2D eigenvalue weighted by Gasteiger charge is -2.27. The van der Waals surface area contributed by atoms with E-state index in [1.807, 2.05) is 0 Å². The van der Waals surface area contributed by atoms with Gasteiger partial charge in [0.2, 0.25) is 5.91 Å². The molecule has 2 N–H and O–H groups in total. The molecule has 2 amide bonds. The predicted octanol–water partition coefficient (Wildman–Crippen LogP) is -0.0282. The summed E-state index contributed by atoms with van der Waals surface area (Å²) in [4.78, 5) is 25.3. The quantitative estimate of drug-likeness (QED) is 0.774. The van der Waals surface area contributed by atoms with E-state index in [1.54, 1.807) is 0 Å². The van der Waals surface area contributed by atoms with Crippen LogP contribution in [0.5, 0.6) is 0 Å². The lowest BCUT2D eigenvalue weighted by atomic mass is 10.1. The van der Waals surface area contributed by atoms with Crippen molar-refractivity contribution in [3.05, 3.63) is 0 Å². The maximum Gasteiger partial charge on any atom is 0.406 e. The normalized spacial score (nSPS) is 22.2. The minimum absolute atomic E-state index is 0.208. The van der Waals surface area contributed by atoms with E-state index in [9.17, 15) is 22.8 Å². The molecule has 122 valence electrons. The van der Waals surface area contributed by atoms with E-state index in [-0.39, 0.29) is 12.6 Å². The predicted molar refractivity (Wildman–Crippen MR) is 68.3 cm³/mol. The summed E-state index contributed by atoms with van der Waals surface area (Å²) in [6.07, 6.45) is -5.03. The highest BCUT2D eigenvalue weighted by atomic mass is 19.4. The molecule has 1 fully saturated rings. The molecule has 21 heavy (non-hydrogen) atoms. The summed E-state index contributed by atoms with van der Waals surface area (Å²) in [5.74, 6) is -1.40. The molecule has 1 rings (SSSR count). The van der Waals surface area contributed by atoms with Gasteiger partial charge in [-0.2, -0.15) is 13.2 Å². The molecule has 0 saturated carbocycles. The zero-order valence-corrected chi connectivity index (χ0v) is 12.0. The lowest BCUT2D eigenvalue weighted by molar-refractivity contribution is -0.170. The van der Waals surface area contributed by atoms with Crippen molar-refractivity contribution in [2.45, 2.75) is 31.2 Å². The van der Waals surface area contributed by atoms with Crippen molar-refractivity contribution in [2.75, 3.05) is 33.7 Å². The van der Waals surface area contributed by atoms with Gasteiger partial charge in [0.15, 0.2) is 0 Å². The third kappa shape index (κ3) is 5.50. The standard InChI is InChI=1S/C12H20F3N3O3/c1-17(2)10(19)6-18(7-12(13,14)15)11(20)9-4-3-8(5-16)21-9/h8-9H,3-7,16H2,1-2H3. The number of halogens is 3. The van der Waals surface area contributed by atoms with Gasteiger partial charge in [-0.25, -0.2) is 0 Å². The maximum atomic E-state index is 12.6. The highest BCUT2D eigenvalue weighted by Gasteiger charge is 2.39. The molecule has 2 atom stereocenters. The zero-order chi connectivity index (χ0) is 16.2. The Labute approximate surface area is 121 Å². The summed E-state index contributed by atoms with van der Waals surface area (Å²) in [6, 6.07) is 0. The molecule has 0 aromatic heterocycles. The highest BCUT2D eigenvalue weighted by Crippen LogP contribution is 2.23.